The molecule has 2 heterocycles. The second-order valence-corrected chi connectivity index (χ2v) is 12.2. The zero-order valence-corrected chi connectivity index (χ0v) is 26.2. The van der Waals surface area contributed by atoms with Crippen LogP contribution in [0.15, 0.2) is 84.3 Å². The van der Waals surface area contributed by atoms with Crippen molar-refractivity contribution in [1.82, 2.24) is 20.1 Å². The quantitative estimate of drug-likeness (QED) is 0.165. The molecule has 0 saturated carbocycles. The van der Waals surface area contributed by atoms with Gasteiger partial charge in [0.2, 0.25) is 5.91 Å². The molecule has 4 atom stereocenters. The van der Waals surface area contributed by atoms with Gasteiger partial charge in [0.05, 0.1) is 18.8 Å². The van der Waals surface area contributed by atoms with Crippen molar-refractivity contribution in [2.24, 2.45) is 13.0 Å². The highest BCUT2D eigenvalue weighted by Gasteiger charge is 2.38. The summed E-state index contributed by atoms with van der Waals surface area (Å²) in [5.41, 5.74) is 5.68. The van der Waals surface area contributed by atoms with Crippen LogP contribution in [-0.4, -0.2) is 48.7 Å². The van der Waals surface area contributed by atoms with Gasteiger partial charge in [0.15, 0.2) is 11.4 Å². The van der Waals surface area contributed by atoms with E-state index >= 15 is 0 Å². The van der Waals surface area contributed by atoms with Crippen molar-refractivity contribution in [3.05, 3.63) is 101 Å². The summed E-state index contributed by atoms with van der Waals surface area (Å²) in [4.78, 5) is 22.9. The summed E-state index contributed by atoms with van der Waals surface area (Å²) in [5.74, 6) is -0.360. The highest BCUT2D eigenvalue weighted by Crippen LogP contribution is 2.43. The summed E-state index contributed by atoms with van der Waals surface area (Å²) in [5, 5.41) is 30.2. The fourth-order valence-corrected chi connectivity index (χ4v) is 6.34. The number of aliphatic hydroxyl groups excluding tert-OH is 1. The van der Waals surface area contributed by atoms with Gasteiger partial charge in [-0.15, -0.1) is 10.2 Å². The molecular formula is C34H38N4O6S. The second-order valence-electron chi connectivity index (χ2n) is 11.2. The third-order valence-corrected chi connectivity index (χ3v) is 9.00. The molecule has 1 amide bonds. The number of carboxylic acids is 1. The standard InChI is InChI=1S/C34H38N4O6S/c1-22-29(20-45-34-37-36-21-38(34)2)43-33(44-32(22)25-14-12-23(19-39)13-15-25)28-9-4-8-27(17-28)26-7-3-6-24(16-26)18-35-30(40)10-5-11-31(41)42/h3-4,6-9,12-17,21-22,29,32-33,39H,5,10-11,18-20H2,1-2H3,(H,35,40)(H,41,42). The molecule has 1 fully saturated rings. The molecule has 11 heteroatoms. The Balaban J connectivity index is 1.33. The van der Waals surface area contributed by atoms with Crippen LogP contribution in [0.5, 0.6) is 0 Å². The van der Waals surface area contributed by atoms with Gasteiger partial charge in [0.1, 0.15) is 6.33 Å². The van der Waals surface area contributed by atoms with Crippen molar-refractivity contribution in [2.45, 2.75) is 63.0 Å². The van der Waals surface area contributed by atoms with E-state index in [0.29, 0.717) is 18.7 Å². The number of nitrogens with one attached hydrogen (secondary N) is 1. The van der Waals surface area contributed by atoms with E-state index in [1.54, 1.807) is 18.1 Å². The van der Waals surface area contributed by atoms with Crippen LogP contribution in [0, 0.1) is 5.92 Å². The predicted molar refractivity (Wildman–Crippen MR) is 170 cm³/mol. The summed E-state index contributed by atoms with van der Waals surface area (Å²) in [6.07, 6.45) is 1.17. The third kappa shape index (κ3) is 8.58. The summed E-state index contributed by atoms with van der Waals surface area (Å²) in [7, 11) is 1.92. The van der Waals surface area contributed by atoms with Crippen LogP contribution in [-0.2, 0) is 39.3 Å². The molecule has 1 aliphatic heterocycles. The van der Waals surface area contributed by atoms with E-state index in [1.165, 1.54) is 0 Å². The van der Waals surface area contributed by atoms with Crippen LogP contribution >= 0.6 is 11.8 Å². The Hall–Kier alpha value is -4.03. The summed E-state index contributed by atoms with van der Waals surface area (Å²) < 4.78 is 15.2. The number of carbonyl (C=O) groups is 2. The number of aliphatic hydroxyl groups is 1. The van der Waals surface area contributed by atoms with E-state index in [9.17, 15) is 14.7 Å². The first kappa shape index (κ1) is 32.4. The minimum Gasteiger partial charge on any atom is -0.481 e. The van der Waals surface area contributed by atoms with Gasteiger partial charge in [-0.3, -0.25) is 9.59 Å². The Morgan fingerprint density at radius 1 is 0.956 bits per heavy atom. The number of amides is 1. The van der Waals surface area contributed by atoms with Crippen LogP contribution < -0.4 is 5.32 Å². The normalized spacial score (nSPS) is 19.7. The first-order chi connectivity index (χ1) is 21.8. The number of carbonyl (C=O) groups excluding carboxylic acids is 1. The molecule has 1 saturated heterocycles. The maximum Gasteiger partial charge on any atom is 0.303 e. The van der Waals surface area contributed by atoms with E-state index in [0.717, 1.165) is 38.5 Å². The topological polar surface area (TPSA) is 136 Å². The van der Waals surface area contributed by atoms with Gasteiger partial charge in [0.25, 0.3) is 0 Å². The Kier molecular flexibility index (Phi) is 11.0. The molecule has 10 nitrogen and oxygen atoms in total. The van der Waals surface area contributed by atoms with Gasteiger partial charge < -0.3 is 29.6 Å². The zero-order valence-electron chi connectivity index (χ0n) is 25.3. The van der Waals surface area contributed by atoms with Gasteiger partial charge in [-0.1, -0.05) is 79.3 Å². The van der Waals surface area contributed by atoms with Crippen molar-refractivity contribution in [1.29, 1.82) is 0 Å². The number of benzene rings is 3. The van der Waals surface area contributed by atoms with E-state index in [-0.39, 0.29) is 43.5 Å². The molecule has 45 heavy (non-hydrogen) atoms. The van der Waals surface area contributed by atoms with E-state index in [4.69, 9.17) is 14.6 Å². The van der Waals surface area contributed by atoms with Crippen LogP contribution in [0.3, 0.4) is 0 Å². The van der Waals surface area contributed by atoms with Crippen LogP contribution in [0.1, 0.15) is 60.8 Å². The molecule has 3 N–H and O–H groups in total. The largest absolute Gasteiger partial charge is 0.481 e. The number of carboxylic acid groups (broad SMARTS) is 1. The number of hydrogen-bond acceptors (Lipinski definition) is 8. The molecule has 0 radical (unpaired) electrons. The molecule has 0 spiro atoms. The van der Waals surface area contributed by atoms with Gasteiger partial charge in [0, 0.05) is 43.7 Å². The molecule has 4 unspecified atom stereocenters. The molecule has 236 valence electrons. The van der Waals surface area contributed by atoms with Gasteiger partial charge in [-0.25, -0.2) is 0 Å². The van der Waals surface area contributed by atoms with E-state index in [2.05, 4.69) is 28.5 Å². The SMILES string of the molecule is CC1C(CSc2nncn2C)OC(c2cccc(-c3cccc(CNC(=O)CCCC(=O)O)c3)c2)OC1c1ccc(CO)cc1. The Labute approximate surface area is 266 Å². The minimum absolute atomic E-state index is 0.0167. The highest BCUT2D eigenvalue weighted by atomic mass is 32.2. The first-order valence-corrected chi connectivity index (χ1v) is 15.9. The third-order valence-electron chi connectivity index (χ3n) is 7.87. The number of nitrogens with zero attached hydrogens (tertiary/aromatic N) is 3. The minimum atomic E-state index is -0.903. The number of aryl methyl sites for hydroxylation is 1. The van der Waals surface area contributed by atoms with Crippen LogP contribution in [0.2, 0.25) is 0 Å². The molecular weight excluding hydrogens is 592 g/mol. The monoisotopic (exact) mass is 630 g/mol. The Morgan fingerprint density at radius 3 is 2.42 bits per heavy atom. The number of thioether (sulfide) groups is 1. The summed E-state index contributed by atoms with van der Waals surface area (Å²) >= 11 is 1.60. The van der Waals surface area contributed by atoms with Crippen molar-refractivity contribution in [3.63, 3.8) is 0 Å². The van der Waals surface area contributed by atoms with Crippen molar-refractivity contribution >= 4 is 23.6 Å². The van der Waals surface area contributed by atoms with Gasteiger partial charge in [-0.05, 0) is 46.4 Å². The second kappa shape index (κ2) is 15.3. The van der Waals surface area contributed by atoms with E-state index in [1.807, 2.05) is 78.3 Å². The van der Waals surface area contributed by atoms with Gasteiger partial charge in [-0.2, -0.15) is 0 Å². The van der Waals surface area contributed by atoms with Crippen LogP contribution in [0.4, 0.5) is 0 Å². The Morgan fingerprint density at radius 2 is 1.71 bits per heavy atom. The maximum absolute atomic E-state index is 12.2. The lowest BCUT2D eigenvalue weighted by molar-refractivity contribution is -0.268. The van der Waals surface area contributed by atoms with Gasteiger partial charge >= 0.3 is 5.97 Å². The number of hydrogen-bond donors (Lipinski definition) is 3. The van der Waals surface area contributed by atoms with Crippen molar-refractivity contribution < 1.29 is 29.3 Å². The molecule has 0 aliphatic carbocycles. The molecule has 5 rings (SSSR count). The smallest absolute Gasteiger partial charge is 0.303 e. The van der Waals surface area contributed by atoms with Crippen LogP contribution in [0.25, 0.3) is 11.1 Å². The number of aromatic nitrogens is 3. The number of aliphatic carboxylic acids is 1. The average Bonchev–Trinajstić information content (AvgIpc) is 3.47. The molecule has 3 aromatic carbocycles. The molecule has 1 aromatic heterocycles. The fraction of sp³-hybridized carbons (Fsp3) is 0.353. The lowest BCUT2D eigenvalue weighted by Gasteiger charge is -2.41. The summed E-state index contributed by atoms with van der Waals surface area (Å²) in [6, 6.07) is 23.9. The van der Waals surface area contributed by atoms with Crippen molar-refractivity contribution in [3.8, 4) is 11.1 Å². The highest BCUT2D eigenvalue weighted by molar-refractivity contribution is 7.99. The first-order valence-electron chi connectivity index (χ1n) is 15.0. The average molecular weight is 631 g/mol. The predicted octanol–water partition coefficient (Wildman–Crippen LogP) is 5.43. The van der Waals surface area contributed by atoms with E-state index < -0.39 is 12.3 Å². The molecule has 1 aliphatic rings. The fourth-order valence-electron chi connectivity index (χ4n) is 5.28. The Bertz CT molecular complexity index is 1590. The molecule has 0 bridgehead atoms. The zero-order chi connectivity index (χ0) is 31.8. The van der Waals surface area contributed by atoms with Crippen molar-refractivity contribution in [2.75, 3.05) is 5.75 Å². The number of ether oxygens (including phenoxy) is 2. The maximum atomic E-state index is 12.2. The molecule has 4 aromatic rings. The number of rotatable bonds is 13. The summed E-state index contributed by atoms with van der Waals surface area (Å²) in [6.45, 7) is 2.47. The lowest BCUT2D eigenvalue weighted by atomic mass is 9.91. The lowest BCUT2D eigenvalue weighted by Crippen LogP contribution is -2.38.